The Kier molecular flexibility index (Phi) is 3.80. The first-order valence-corrected chi connectivity index (χ1v) is 7.06. The van der Waals surface area contributed by atoms with Crippen molar-refractivity contribution in [3.05, 3.63) is 29.1 Å². The van der Waals surface area contributed by atoms with E-state index >= 15 is 0 Å². The number of nitrogens with two attached hydrogens (primary N) is 1. The van der Waals surface area contributed by atoms with E-state index in [4.69, 9.17) is 5.73 Å². The van der Waals surface area contributed by atoms with E-state index in [0.29, 0.717) is 16.8 Å². The van der Waals surface area contributed by atoms with Gasteiger partial charge in [0.15, 0.2) is 0 Å². The summed E-state index contributed by atoms with van der Waals surface area (Å²) in [6.45, 7) is 1.61. The molecule has 0 spiro atoms. The molecule has 1 saturated heterocycles. The van der Waals surface area contributed by atoms with E-state index in [1.165, 1.54) is 6.07 Å². The van der Waals surface area contributed by atoms with Crippen molar-refractivity contribution in [2.45, 2.75) is 19.4 Å². The first-order valence-electron chi connectivity index (χ1n) is 5.91. The Morgan fingerprint density at radius 1 is 1.56 bits per heavy atom. The molecule has 2 rings (SSSR count). The van der Waals surface area contributed by atoms with Crippen LogP contribution in [0.25, 0.3) is 0 Å². The molecule has 0 radical (unpaired) electrons. The van der Waals surface area contributed by atoms with Crippen LogP contribution in [0.1, 0.15) is 22.3 Å². The summed E-state index contributed by atoms with van der Waals surface area (Å²) in [5.74, 6) is 1.44. The van der Waals surface area contributed by atoms with Crippen molar-refractivity contribution in [3.8, 4) is 0 Å². The Balaban J connectivity index is 2.22. The smallest absolute Gasteiger partial charge is 0.254 e. The van der Waals surface area contributed by atoms with Crippen LogP contribution in [-0.4, -0.2) is 35.4 Å². The third kappa shape index (κ3) is 2.46. The van der Waals surface area contributed by atoms with Crippen LogP contribution in [-0.2, 0) is 0 Å². The maximum Gasteiger partial charge on any atom is 0.254 e. The number of thioether (sulfide) groups is 1. The van der Waals surface area contributed by atoms with E-state index in [2.05, 4.69) is 0 Å². The molecule has 5 heteroatoms. The van der Waals surface area contributed by atoms with Gasteiger partial charge in [-0.05, 0) is 31.2 Å². The summed E-state index contributed by atoms with van der Waals surface area (Å²) >= 11 is 1.84. The number of carbonyl (C=O) groups excluding carboxylic acids is 1. The number of nitrogen functional groups attached to an aromatic ring is 1. The SMILES string of the molecule is Cc1c(N)cc(C(=O)N(C)C2CCSC2)cc1F. The van der Waals surface area contributed by atoms with E-state index in [0.717, 1.165) is 17.9 Å². The van der Waals surface area contributed by atoms with Crippen LogP contribution in [0.5, 0.6) is 0 Å². The molecule has 1 aliphatic heterocycles. The summed E-state index contributed by atoms with van der Waals surface area (Å²) in [6, 6.07) is 3.07. The Labute approximate surface area is 111 Å². The number of rotatable bonds is 2. The number of hydrogen-bond acceptors (Lipinski definition) is 3. The molecule has 1 unspecified atom stereocenters. The van der Waals surface area contributed by atoms with Gasteiger partial charge in [-0.2, -0.15) is 11.8 Å². The van der Waals surface area contributed by atoms with Gasteiger partial charge in [0.1, 0.15) is 5.82 Å². The van der Waals surface area contributed by atoms with Crippen molar-refractivity contribution in [2.75, 3.05) is 24.3 Å². The lowest BCUT2D eigenvalue weighted by atomic mass is 10.1. The van der Waals surface area contributed by atoms with Gasteiger partial charge in [-0.25, -0.2) is 4.39 Å². The summed E-state index contributed by atoms with van der Waals surface area (Å²) in [5.41, 5.74) is 6.75. The molecule has 0 aromatic heterocycles. The first-order chi connectivity index (χ1) is 8.50. The van der Waals surface area contributed by atoms with Gasteiger partial charge in [-0.1, -0.05) is 0 Å². The number of carbonyl (C=O) groups is 1. The van der Waals surface area contributed by atoms with Crippen molar-refractivity contribution in [2.24, 2.45) is 0 Å². The number of halogens is 1. The van der Waals surface area contributed by atoms with Crippen molar-refractivity contribution in [1.82, 2.24) is 4.90 Å². The lowest BCUT2D eigenvalue weighted by Gasteiger charge is -2.24. The monoisotopic (exact) mass is 268 g/mol. The van der Waals surface area contributed by atoms with Gasteiger partial charge < -0.3 is 10.6 Å². The number of anilines is 1. The molecule has 1 amide bonds. The highest BCUT2D eigenvalue weighted by Crippen LogP contribution is 2.24. The van der Waals surface area contributed by atoms with Gasteiger partial charge >= 0.3 is 0 Å². The third-order valence-corrected chi connectivity index (χ3v) is 4.55. The molecule has 1 aromatic rings. The molecule has 1 aromatic carbocycles. The lowest BCUT2D eigenvalue weighted by molar-refractivity contribution is 0.0747. The quantitative estimate of drug-likeness (QED) is 0.837. The van der Waals surface area contributed by atoms with Crippen LogP contribution >= 0.6 is 11.8 Å². The highest BCUT2D eigenvalue weighted by Gasteiger charge is 2.25. The predicted molar refractivity (Wildman–Crippen MR) is 73.4 cm³/mol. The Hall–Kier alpha value is -1.23. The maximum atomic E-state index is 13.6. The summed E-state index contributed by atoms with van der Waals surface area (Å²) in [4.78, 5) is 13.9. The molecule has 0 aliphatic carbocycles. The average molecular weight is 268 g/mol. The molecule has 1 heterocycles. The normalized spacial score (nSPS) is 18.9. The van der Waals surface area contributed by atoms with E-state index < -0.39 is 5.82 Å². The summed E-state index contributed by atoms with van der Waals surface area (Å²) < 4.78 is 13.6. The predicted octanol–water partition coefficient (Wildman–Crippen LogP) is 2.29. The fourth-order valence-corrected chi connectivity index (χ4v) is 3.29. The highest BCUT2D eigenvalue weighted by atomic mass is 32.2. The van der Waals surface area contributed by atoms with Gasteiger partial charge in [0, 0.05) is 35.7 Å². The van der Waals surface area contributed by atoms with Gasteiger partial charge in [0.05, 0.1) is 0 Å². The average Bonchev–Trinajstić information content (AvgIpc) is 2.87. The van der Waals surface area contributed by atoms with E-state index in [1.807, 2.05) is 11.8 Å². The minimum atomic E-state index is -0.424. The summed E-state index contributed by atoms with van der Waals surface area (Å²) in [7, 11) is 1.77. The number of amides is 1. The molecule has 1 aliphatic rings. The largest absolute Gasteiger partial charge is 0.398 e. The van der Waals surface area contributed by atoms with E-state index in [1.54, 1.807) is 24.9 Å². The van der Waals surface area contributed by atoms with Crippen LogP contribution in [0, 0.1) is 12.7 Å². The van der Waals surface area contributed by atoms with Crippen molar-refractivity contribution >= 4 is 23.4 Å². The zero-order chi connectivity index (χ0) is 13.3. The zero-order valence-electron chi connectivity index (χ0n) is 10.6. The standard InChI is InChI=1S/C13H17FN2OS/c1-8-11(14)5-9(6-12(8)15)13(17)16(2)10-3-4-18-7-10/h5-6,10H,3-4,7,15H2,1-2H3. The van der Waals surface area contributed by atoms with E-state index in [9.17, 15) is 9.18 Å². The first kappa shape index (κ1) is 13.2. The van der Waals surface area contributed by atoms with Gasteiger partial charge in [0.25, 0.3) is 5.91 Å². The van der Waals surface area contributed by atoms with Gasteiger partial charge in [0.2, 0.25) is 0 Å². The highest BCUT2D eigenvalue weighted by molar-refractivity contribution is 7.99. The Morgan fingerprint density at radius 2 is 2.28 bits per heavy atom. The van der Waals surface area contributed by atoms with Crippen LogP contribution in [0.15, 0.2) is 12.1 Å². The molecule has 2 N–H and O–H groups in total. The minimum Gasteiger partial charge on any atom is -0.398 e. The molecule has 1 atom stereocenters. The maximum absolute atomic E-state index is 13.6. The topological polar surface area (TPSA) is 46.3 Å². The molecule has 0 bridgehead atoms. The fraction of sp³-hybridized carbons (Fsp3) is 0.462. The number of hydrogen-bond donors (Lipinski definition) is 1. The molecule has 18 heavy (non-hydrogen) atoms. The van der Waals surface area contributed by atoms with Gasteiger partial charge in [-0.15, -0.1) is 0 Å². The lowest BCUT2D eigenvalue weighted by Crippen LogP contribution is -2.37. The zero-order valence-corrected chi connectivity index (χ0v) is 11.4. The van der Waals surface area contributed by atoms with Crippen LogP contribution in [0.2, 0.25) is 0 Å². The number of nitrogens with zero attached hydrogens (tertiary/aromatic N) is 1. The van der Waals surface area contributed by atoms with Crippen LogP contribution < -0.4 is 5.73 Å². The molecule has 3 nitrogen and oxygen atoms in total. The molecule has 1 fully saturated rings. The number of benzene rings is 1. The molecule has 0 saturated carbocycles. The second-order valence-electron chi connectivity index (χ2n) is 4.61. The second kappa shape index (κ2) is 5.18. The molecule has 98 valence electrons. The van der Waals surface area contributed by atoms with Crippen molar-refractivity contribution < 1.29 is 9.18 Å². The van der Waals surface area contributed by atoms with Crippen LogP contribution in [0.4, 0.5) is 10.1 Å². The second-order valence-corrected chi connectivity index (χ2v) is 5.76. The summed E-state index contributed by atoms with van der Waals surface area (Å²) in [5, 5.41) is 0. The van der Waals surface area contributed by atoms with E-state index in [-0.39, 0.29) is 11.9 Å². The molecular weight excluding hydrogens is 251 g/mol. The minimum absolute atomic E-state index is 0.159. The Bertz CT molecular complexity index is 449. The summed E-state index contributed by atoms with van der Waals surface area (Å²) in [6.07, 6.45) is 0.997. The van der Waals surface area contributed by atoms with Crippen molar-refractivity contribution in [3.63, 3.8) is 0 Å². The fourth-order valence-electron chi connectivity index (χ4n) is 2.02. The Morgan fingerprint density at radius 3 is 2.83 bits per heavy atom. The van der Waals surface area contributed by atoms with Crippen LogP contribution in [0.3, 0.4) is 0 Å². The molecular formula is C13H17FN2OS. The third-order valence-electron chi connectivity index (χ3n) is 3.41. The van der Waals surface area contributed by atoms with Gasteiger partial charge in [-0.3, -0.25) is 4.79 Å². The van der Waals surface area contributed by atoms with Crippen molar-refractivity contribution in [1.29, 1.82) is 0 Å².